The Bertz CT molecular complexity index is 776. The topological polar surface area (TPSA) is 58.6 Å². The van der Waals surface area contributed by atoms with Crippen LogP contribution in [0.15, 0.2) is 54.6 Å². The fraction of sp³-hybridized carbons (Fsp3) is 0.333. The Labute approximate surface area is 154 Å². The van der Waals surface area contributed by atoms with Crippen molar-refractivity contribution in [1.82, 2.24) is 10.2 Å². The number of amides is 2. The van der Waals surface area contributed by atoms with E-state index in [2.05, 4.69) is 5.32 Å². The largest absolute Gasteiger partial charge is 0.496 e. The van der Waals surface area contributed by atoms with E-state index in [0.717, 1.165) is 11.1 Å². The van der Waals surface area contributed by atoms with Gasteiger partial charge in [0, 0.05) is 25.1 Å². The van der Waals surface area contributed by atoms with E-state index in [4.69, 9.17) is 4.74 Å². The summed E-state index contributed by atoms with van der Waals surface area (Å²) in [4.78, 5) is 27.1. The van der Waals surface area contributed by atoms with Crippen LogP contribution in [0.3, 0.4) is 0 Å². The minimum Gasteiger partial charge on any atom is -0.496 e. The van der Waals surface area contributed by atoms with Crippen molar-refractivity contribution in [3.63, 3.8) is 0 Å². The van der Waals surface area contributed by atoms with Gasteiger partial charge in [0.1, 0.15) is 5.75 Å². The normalized spacial score (nSPS) is 19.5. The second kappa shape index (κ2) is 8.04. The molecule has 0 aromatic heterocycles. The molecule has 0 radical (unpaired) electrons. The summed E-state index contributed by atoms with van der Waals surface area (Å²) < 4.78 is 5.47. The summed E-state index contributed by atoms with van der Waals surface area (Å²) >= 11 is 0. The van der Waals surface area contributed by atoms with E-state index >= 15 is 0 Å². The predicted molar refractivity (Wildman–Crippen MR) is 99.5 cm³/mol. The number of benzene rings is 2. The third-order valence-electron chi connectivity index (χ3n) is 4.88. The van der Waals surface area contributed by atoms with Crippen molar-refractivity contribution in [1.29, 1.82) is 0 Å². The molecule has 2 aromatic carbocycles. The molecule has 0 bridgehead atoms. The van der Waals surface area contributed by atoms with Gasteiger partial charge in [-0.3, -0.25) is 9.59 Å². The van der Waals surface area contributed by atoms with Crippen LogP contribution in [0.2, 0.25) is 0 Å². The molecule has 0 saturated carbocycles. The van der Waals surface area contributed by atoms with Gasteiger partial charge in [0.05, 0.1) is 19.1 Å². The number of carbonyl (C=O) groups is 2. The molecule has 0 spiro atoms. The maximum Gasteiger partial charge on any atom is 0.226 e. The third-order valence-corrected chi connectivity index (χ3v) is 4.88. The van der Waals surface area contributed by atoms with Crippen LogP contribution in [0.4, 0.5) is 0 Å². The molecule has 26 heavy (non-hydrogen) atoms. The third kappa shape index (κ3) is 3.57. The van der Waals surface area contributed by atoms with Crippen molar-refractivity contribution in [3.05, 3.63) is 65.7 Å². The second-order valence-corrected chi connectivity index (χ2v) is 6.38. The Balaban J connectivity index is 1.84. The summed E-state index contributed by atoms with van der Waals surface area (Å²) in [5.74, 6) is 0.172. The Morgan fingerprint density at radius 3 is 2.54 bits per heavy atom. The highest BCUT2D eigenvalue weighted by Crippen LogP contribution is 2.41. The maximum atomic E-state index is 12.9. The molecule has 5 nitrogen and oxygen atoms in total. The van der Waals surface area contributed by atoms with Gasteiger partial charge in [0.2, 0.25) is 11.8 Å². The Morgan fingerprint density at radius 2 is 1.85 bits per heavy atom. The van der Waals surface area contributed by atoms with Crippen molar-refractivity contribution >= 4 is 11.8 Å². The van der Waals surface area contributed by atoms with Gasteiger partial charge >= 0.3 is 0 Å². The lowest BCUT2D eigenvalue weighted by Crippen LogP contribution is -2.35. The summed E-state index contributed by atoms with van der Waals surface area (Å²) in [6.45, 7) is 2.95. The van der Waals surface area contributed by atoms with Gasteiger partial charge in [-0.2, -0.15) is 0 Å². The number of nitrogens with zero attached hydrogens (tertiary/aromatic N) is 1. The molecule has 5 heteroatoms. The Hall–Kier alpha value is -2.82. The van der Waals surface area contributed by atoms with Gasteiger partial charge in [-0.15, -0.1) is 0 Å². The van der Waals surface area contributed by atoms with Crippen molar-refractivity contribution < 1.29 is 14.3 Å². The molecule has 0 aliphatic carbocycles. The van der Waals surface area contributed by atoms with Crippen LogP contribution in [0.1, 0.15) is 30.5 Å². The van der Waals surface area contributed by atoms with Crippen LogP contribution >= 0.6 is 0 Å². The second-order valence-electron chi connectivity index (χ2n) is 6.38. The number of nitrogens with one attached hydrogen (secondary N) is 1. The van der Waals surface area contributed by atoms with E-state index in [1.165, 1.54) is 0 Å². The molecular formula is C21H24N2O3. The smallest absolute Gasteiger partial charge is 0.226 e. The van der Waals surface area contributed by atoms with Crippen molar-refractivity contribution in [2.45, 2.75) is 25.9 Å². The molecule has 136 valence electrons. The minimum atomic E-state index is -0.428. The fourth-order valence-corrected chi connectivity index (χ4v) is 3.61. The standard InChI is InChI=1S/C21H24N2O3/c1-3-23-19(24)13-17(20(23)16-11-7-8-12-18(16)26-2)21(25)22-14-15-9-5-4-6-10-15/h4-12,17,20H,3,13-14H2,1-2H3,(H,22,25)/t17-,20+/m1/s1. The average Bonchev–Trinajstić information content (AvgIpc) is 3.03. The molecule has 1 aliphatic rings. The lowest BCUT2D eigenvalue weighted by molar-refractivity contribution is -0.129. The first-order valence-electron chi connectivity index (χ1n) is 8.89. The first kappa shape index (κ1) is 18.0. The molecule has 1 fully saturated rings. The molecule has 2 amide bonds. The monoisotopic (exact) mass is 352 g/mol. The van der Waals surface area contributed by atoms with E-state index in [1.54, 1.807) is 12.0 Å². The Kier molecular flexibility index (Phi) is 5.56. The zero-order valence-electron chi connectivity index (χ0n) is 15.1. The SMILES string of the molecule is CCN1C(=O)C[C@@H](C(=O)NCc2ccccc2)[C@@H]1c1ccccc1OC. The molecule has 1 N–H and O–H groups in total. The van der Waals surface area contributed by atoms with E-state index in [0.29, 0.717) is 18.8 Å². The van der Waals surface area contributed by atoms with Gasteiger partial charge in [-0.1, -0.05) is 48.5 Å². The van der Waals surface area contributed by atoms with Crippen molar-refractivity contribution in [2.75, 3.05) is 13.7 Å². The van der Waals surface area contributed by atoms with Crippen LogP contribution in [0.25, 0.3) is 0 Å². The van der Waals surface area contributed by atoms with Gasteiger partial charge in [0.15, 0.2) is 0 Å². The lowest BCUT2D eigenvalue weighted by atomic mass is 9.92. The molecular weight excluding hydrogens is 328 g/mol. The number of carbonyl (C=O) groups excluding carboxylic acids is 2. The first-order valence-corrected chi connectivity index (χ1v) is 8.89. The average molecular weight is 352 g/mol. The summed E-state index contributed by atoms with van der Waals surface area (Å²) in [5, 5.41) is 2.98. The molecule has 1 heterocycles. The van der Waals surface area contributed by atoms with Crippen LogP contribution in [0.5, 0.6) is 5.75 Å². The minimum absolute atomic E-state index is 0.00303. The number of hydrogen-bond donors (Lipinski definition) is 1. The highest BCUT2D eigenvalue weighted by atomic mass is 16.5. The zero-order valence-corrected chi connectivity index (χ0v) is 15.1. The van der Waals surface area contributed by atoms with Gasteiger partial charge in [-0.05, 0) is 18.6 Å². The summed E-state index contributed by atoms with van der Waals surface area (Å²) in [7, 11) is 1.61. The van der Waals surface area contributed by atoms with E-state index in [9.17, 15) is 9.59 Å². The number of para-hydroxylation sites is 1. The summed E-state index contributed by atoms with van der Waals surface area (Å²) in [6.07, 6.45) is 0.219. The van der Waals surface area contributed by atoms with Crippen LogP contribution in [-0.2, 0) is 16.1 Å². The van der Waals surface area contributed by atoms with Gasteiger partial charge in [0.25, 0.3) is 0 Å². The Morgan fingerprint density at radius 1 is 1.15 bits per heavy atom. The number of likely N-dealkylation sites (tertiary alicyclic amines) is 1. The number of methoxy groups -OCH3 is 1. The number of ether oxygens (including phenoxy) is 1. The van der Waals surface area contributed by atoms with Crippen molar-refractivity contribution in [3.8, 4) is 5.75 Å². The lowest BCUT2D eigenvalue weighted by Gasteiger charge is -2.28. The molecule has 1 aliphatic heterocycles. The summed E-state index contributed by atoms with van der Waals surface area (Å²) in [5.41, 5.74) is 1.91. The van der Waals surface area contributed by atoms with E-state index in [-0.39, 0.29) is 24.3 Å². The summed E-state index contributed by atoms with van der Waals surface area (Å²) in [6, 6.07) is 17.1. The first-order chi connectivity index (χ1) is 12.7. The molecule has 1 saturated heterocycles. The predicted octanol–water partition coefficient (Wildman–Crippen LogP) is 2.92. The van der Waals surface area contributed by atoms with E-state index < -0.39 is 5.92 Å². The molecule has 2 atom stereocenters. The van der Waals surface area contributed by atoms with Crippen LogP contribution in [0, 0.1) is 5.92 Å². The fourth-order valence-electron chi connectivity index (χ4n) is 3.61. The van der Waals surface area contributed by atoms with Crippen molar-refractivity contribution in [2.24, 2.45) is 5.92 Å². The van der Waals surface area contributed by atoms with E-state index in [1.807, 2.05) is 61.5 Å². The van der Waals surface area contributed by atoms with Gasteiger partial charge < -0.3 is 15.0 Å². The molecule has 0 unspecified atom stereocenters. The highest BCUT2D eigenvalue weighted by molar-refractivity contribution is 5.90. The van der Waals surface area contributed by atoms with Crippen LogP contribution < -0.4 is 10.1 Å². The highest BCUT2D eigenvalue weighted by Gasteiger charge is 2.44. The number of hydrogen-bond acceptors (Lipinski definition) is 3. The molecule has 3 rings (SSSR count). The molecule has 2 aromatic rings. The number of rotatable bonds is 6. The van der Waals surface area contributed by atoms with Gasteiger partial charge in [-0.25, -0.2) is 0 Å². The quantitative estimate of drug-likeness (QED) is 0.870. The maximum absolute atomic E-state index is 12.9. The van der Waals surface area contributed by atoms with Crippen LogP contribution in [-0.4, -0.2) is 30.4 Å². The zero-order chi connectivity index (χ0) is 18.5.